The van der Waals surface area contributed by atoms with Gasteiger partial charge in [-0.2, -0.15) is 0 Å². The maximum Gasteiger partial charge on any atom is 0.469 e. The minimum atomic E-state index is -0.100. The van der Waals surface area contributed by atoms with Crippen LogP contribution in [0.15, 0.2) is 72.8 Å². The Labute approximate surface area is 170 Å². The van der Waals surface area contributed by atoms with Gasteiger partial charge in [-0.1, -0.05) is 61.7 Å². The zero-order chi connectivity index (χ0) is 21.6. The van der Waals surface area contributed by atoms with Crippen LogP contribution < -0.4 is 0 Å². The zero-order valence-electron chi connectivity index (χ0n) is 16.3. The number of allylic oxidation sites excluding steroid dienone is 2. The maximum absolute atomic E-state index is 12.8. The fourth-order valence-electron chi connectivity index (χ4n) is 3.07. The van der Waals surface area contributed by atoms with E-state index in [0.29, 0.717) is 37.6 Å². The Morgan fingerprint density at radius 1 is 0.724 bits per heavy atom. The van der Waals surface area contributed by atoms with Gasteiger partial charge in [0.05, 0.1) is 0 Å². The van der Waals surface area contributed by atoms with Crippen molar-refractivity contribution in [2.45, 2.75) is 13.8 Å². The van der Waals surface area contributed by atoms with E-state index in [9.17, 15) is 9.59 Å². The summed E-state index contributed by atoms with van der Waals surface area (Å²) in [5.41, 5.74) is 2.16. The standard InChI is InChI=1S/C22H18O2.B2H2O3/c1-13(2)21(23)19-15-9-5-7-11-17(15)20(22(24)14(3)4)18-12-8-6-10-16(18)19;3-1-5-2-4/h5-12H,1,3H2,2,4H3;3-4H. The molecule has 0 spiro atoms. The van der Waals surface area contributed by atoms with Crippen molar-refractivity contribution in [2.75, 3.05) is 0 Å². The molecular formula is C22H20B2O5. The van der Waals surface area contributed by atoms with Crippen molar-refractivity contribution in [3.63, 3.8) is 0 Å². The second-order valence-electron chi connectivity index (χ2n) is 6.41. The van der Waals surface area contributed by atoms with E-state index in [1.54, 1.807) is 13.8 Å². The average Bonchev–Trinajstić information content (AvgIpc) is 2.71. The van der Waals surface area contributed by atoms with E-state index in [1.807, 2.05) is 48.5 Å². The molecule has 0 aliphatic heterocycles. The van der Waals surface area contributed by atoms with Crippen LogP contribution in [0.25, 0.3) is 21.5 Å². The van der Waals surface area contributed by atoms with Crippen LogP contribution in [-0.4, -0.2) is 37.0 Å². The van der Waals surface area contributed by atoms with Crippen LogP contribution in [0, 0.1) is 0 Å². The number of hydrogen-bond donors (Lipinski definition) is 2. The highest BCUT2D eigenvalue weighted by Gasteiger charge is 2.22. The van der Waals surface area contributed by atoms with Gasteiger partial charge in [0, 0.05) is 11.1 Å². The number of ketones is 2. The largest absolute Gasteiger partial charge is 0.469 e. The Bertz CT molecular complexity index is 962. The average molecular weight is 386 g/mol. The van der Waals surface area contributed by atoms with Crippen LogP contribution >= 0.6 is 0 Å². The summed E-state index contributed by atoms with van der Waals surface area (Å²) in [6.07, 6.45) is 0. The minimum absolute atomic E-state index is 0.100. The van der Waals surface area contributed by atoms with E-state index < -0.39 is 0 Å². The second kappa shape index (κ2) is 9.98. The Hall–Kier alpha value is -2.99. The molecule has 0 aliphatic rings. The topological polar surface area (TPSA) is 83.8 Å². The molecule has 5 nitrogen and oxygen atoms in total. The molecule has 7 heteroatoms. The minimum Gasteiger partial charge on any atom is -0.456 e. The van der Waals surface area contributed by atoms with Crippen LogP contribution in [0.4, 0.5) is 0 Å². The number of carbonyl (C=O) groups excluding carboxylic acids is 2. The summed E-state index contributed by atoms with van der Waals surface area (Å²) in [5, 5.41) is 18.1. The molecule has 0 aromatic heterocycles. The smallest absolute Gasteiger partial charge is 0.456 e. The molecule has 144 valence electrons. The monoisotopic (exact) mass is 386 g/mol. The van der Waals surface area contributed by atoms with E-state index in [1.165, 1.54) is 0 Å². The molecule has 0 unspecified atom stereocenters. The first-order valence-corrected chi connectivity index (χ1v) is 8.76. The summed E-state index contributed by atoms with van der Waals surface area (Å²) in [4.78, 5) is 25.6. The molecule has 3 rings (SSSR count). The first kappa shape index (κ1) is 22.3. The molecule has 0 heterocycles. The summed E-state index contributed by atoms with van der Waals surface area (Å²) in [6.45, 7) is 11.0. The van der Waals surface area contributed by atoms with Crippen molar-refractivity contribution in [2.24, 2.45) is 0 Å². The molecule has 0 bridgehead atoms. The van der Waals surface area contributed by atoms with E-state index in [-0.39, 0.29) is 11.6 Å². The first-order chi connectivity index (χ1) is 13.8. The molecule has 0 aliphatic carbocycles. The number of rotatable bonds is 6. The van der Waals surface area contributed by atoms with Crippen molar-refractivity contribution in [1.29, 1.82) is 0 Å². The molecule has 2 radical (unpaired) electrons. The summed E-state index contributed by atoms with van der Waals surface area (Å²) in [6, 6.07) is 15.0. The SMILES string of the molecule is C=C(C)C(=O)c1c2ccccc2c(C(=O)C(=C)C)c2ccccc12.O[B]O[B]O. The van der Waals surface area contributed by atoms with Gasteiger partial charge >= 0.3 is 15.4 Å². The van der Waals surface area contributed by atoms with Gasteiger partial charge in [0.25, 0.3) is 0 Å². The highest BCUT2D eigenvalue weighted by atomic mass is 16.5. The van der Waals surface area contributed by atoms with E-state index >= 15 is 0 Å². The predicted molar refractivity (Wildman–Crippen MR) is 117 cm³/mol. The van der Waals surface area contributed by atoms with Gasteiger partial charge in [-0.15, -0.1) is 0 Å². The molecule has 0 fully saturated rings. The van der Waals surface area contributed by atoms with Gasteiger partial charge in [0.15, 0.2) is 11.6 Å². The molecule has 0 atom stereocenters. The predicted octanol–water partition coefficient (Wildman–Crippen LogP) is 3.57. The van der Waals surface area contributed by atoms with Crippen molar-refractivity contribution in [3.05, 3.63) is 84.0 Å². The number of fused-ring (bicyclic) bond motifs is 2. The van der Waals surface area contributed by atoms with Crippen LogP contribution in [0.1, 0.15) is 34.6 Å². The van der Waals surface area contributed by atoms with Crippen molar-refractivity contribution in [3.8, 4) is 0 Å². The molecule has 3 aromatic carbocycles. The molecule has 0 amide bonds. The summed E-state index contributed by atoms with van der Waals surface area (Å²) < 4.78 is 3.69. The Balaban J connectivity index is 0.000000537. The number of benzene rings is 3. The first-order valence-electron chi connectivity index (χ1n) is 8.76. The molecule has 2 N–H and O–H groups in total. The molecule has 3 aromatic rings. The fraction of sp³-hybridized carbons (Fsp3) is 0.0909. The van der Waals surface area contributed by atoms with Gasteiger partial charge < -0.3 is 14.6 Å². The lowest BCUT2D eigenvalue weighted by molar-refractivity contribution is 0.102. The molecule has 0 saturated heterocycles. The van der Waals surface area contributed by atoms with Crippen LogP contribution in [-0.2, 0) is 4.57 Å². The quantitative estimate of drug-likeness (QED) is 0.293. The maximum atomic E-state index is 12.8. The van der Waals surface area contributed by atoms with Gasteiger partial charge in [-0.25, -0.2) is 0 Å². The third kappa shape index (κ3) is 4.71. The van der Waals surface area contributed by atoms with Crippen molar-refractivity contribution >= 4 is 48.5 Å². The summed E-state index contributed by atoms with van der Waals surface area (Å²) in [7, 11) is 0.750. The lowest BCUT2D eigenvalue weighted by Gasteiger charge is -2.15. The Morgan fingerprint density at radius 3 is 1.17 bits per heavy atom. The number of hydrogen-bond acceptors (Lipinski definition) is 5. The highest BCUT2D eigenvalue weighted by Crippen LogP contribution is 2.35. The number of carbonyl (C=O) groups is 2. The van der Waals surface area contributed by atoms with E-state index in [4.69, 9.17) is 10.0 Å². The van der Waals surface area contributed by atoms with E-state index in [0.717, 1.165) is 21.5 Å². The van der Waals surface area contributed by atoms with Crippen LogP contribution in [0.5, 0.6) is 0 Å². The lowest BCUT2D eigenvalue weighted by atomic mass is 9.86. The van der Waals surface area contributed by atoms with Gasteiger partial charge in [-0.05, 0) is 46.5 Å². The zero-order valence-corrected chi connectivity index (χ0v) is 16.3. The highest BCUT2D eigenvalue weighted by molar-refractivity contribution is 6.32. The second-order valence-corrected chi connectivity index (χ2v) is 6.41. The fourth-order valence-corrected chi connectivity index (χ4v) is 3.07. The molecule has 0 saturated carbocycles. The summed E-state index contributed by atoms with van der Waals surface area (Å²) in [5.74, 6) is -0.201. The van der Waals surface area contributed by atoms with Crippen molar-refractivity contribution < 1.29 is 24.2 Å². The van der Waals surface area contributed by atoms with Gasteiger partial charge in [0.1, 0.15) is 0 Å². The van der Waals surface area contributed by atoms with E-state index in [2.05, 4.69) is 17.7 Å². The lowest BCUT2D eigenvalue weighted by Crippen LogP contribution is -2.07. The molecular weight excluding hydrogens is 366 g/mol. The van der Waals surface area contributed by atoms with Gasteiger partial charge in [0.2, 0.25) is 0 Å². The third-order valence-electron chi connectivity index (χ3n) is 4.28. The van der Waals surface area contributed by atoms with Crippen LogP contribution in [0.2, 0.25) is 0 Å². The van der Waals surface area contributed by atoms with Gasteiger partial charge in [-0.3, -0.25) is 9.59 Å². The summed E-state index contributed by atoms with van der Waals surface area (Å²) >= 11 is 0. The third-order valence-corrected chi connectivity index (χ3v) is 4.28. The normalized spacial score (nSPS) is 10.1. The Kier molecular flexibility index (Phi) is 7.67. The number of Topliss-reactive ketones (excluding diaryl/α,β-unsaturated/α-hetero) is 2. The Morgan fingerprint density at radius 2 is 1.00 bits per heavy atom. The molecule has 29 heavy (non-hydrogen) atoms. The van der Waals surface area contributed by atoms with Crippen molar-refractivity contribution in [1.82, 2.24) is 0 Å². The van der Waals surface area contributed by atoms with Crippen LogP contribution in [0.3, 0.4) is 0 Å².